The number of ether oxygens (including phenoxy) is 2. The molecule has 1 aliphatic heterocycles. The summed E-state index contributed by atoms with van der Waals surface area (Å²) in [6.45, 7) is 7.14. The monoisotopic (exact) mass is 243 g/mol. The molecule has 100 valence electrons. The largest absolute Gasteiger partial charge is 0.466 e. The normalized spacial score (nSPS) is 28.1. The van der Waals surface area contributed by atoms with Gasteiger partial charge in [-0.25, -0.2) is 0 Å². The molecule has 0 bridgehead atoms. The highest BCUT2D eigenvalue weighted by atomic mass is 16.5. The molecule has 0 aromatic carbocycles. The Morgan fingerprint density at radius 1 is 1.41 bits per heavy atom. The summed E-state index contributed by atoms with van der Waals surface area (Å²) < 4.78 is 10.8. The second-order valence-corrected chi connectivity index (χ2v) is 5.64. The minimum Gasteiger partial charge on any atom is -0.466 e. The minimum absolute atomic E-state index is 0.112. The van der Waals surface area contributed by atoms with Crippen LogP contribution in [-0.2, 0) is 14.3 Å². The van der Waals surface area contributed by atoms with Crippen LogP contribution in [0.2, 0.25) is 0 Å². The predicted molar refractivity (Wildman–Crippen MR) is 66.9 cm³/mol. The average Bonchev–Trinajstić information content (AvgIpc) is 2.15. The molecule has 1 saturated heterocycles. The van der Waals surface area contributed by atoms with E-state index in [1.807, 2.05) is 21.0 Å². The number of nitrogens with zero attached hydrogens (tertiary/aromatic N) is 1. The second kappa shape index (κ2) is 5.36. The highest BCUT2D eigenvalue weighted by Gasteiger charge is 2.44. The quantitative estimate of drug-likeness (QED) is 0.706. The van der Waals surface area contributed by atoms with E-state index in [-0.39, 0.29) is 17.1 Å². The topological polar surface area (TPSA) is 38.8 Å². The van der Waals surface area contributed by atoms with Crippen LogP contribution in [0.5, 0.6) is 0 Å². The van der Waals surface area contributed by atoms with Crippen LogP contribution in [0, 0.1) is 0 Å². The van der Waals surface area contributed by atoms with Gasteiger partial charge in [0, 0.05) is 12.1 Å². The Balaban J connectivity index is 2.79. The number of hydrogen-bond donors (Lipinski definition) is 0. The van der Waals surface area contributed by atoms with Crippen molar-refractivity contribution in [2.75, 3.05) is 27.3 Å². The van der Waals surface area contributed by atoms with Crippen molar-refractivity contribution >= 4 is 5.97 Å². The van der Waals surface area contributed by atoms with Crippen LogP contribution in [0.3, 0.4) is 0 Å². The first-order chi connectivity index (χ1) is 7.81. The zero-order valence-electron chi connectivity index (χ0n) is 11.7. The number of carbonyl (C=O) groups is 1. The lowest BCUT2D eigenvalue weighted by Crippen LogP contribution is -2.55. The Labute approximate surface area is 104 Å². The number of hydrogen-bond acceptors (Lipinski definition) is 4. The fraction of sp³-hybridized carbons (Fsp3) is 0.923. The van der Waals surface area contributed by atoms with Crippen LogP contribution in [0.15, 0.2) is 0 Å². The third-order valence-electron chi connectivity index (χ3n) is 3.54. The lowest BCUT2D eigenvalue weighted by atomic mass is 9.78. The predicted octanol–water partition coefficient (Wildman–Crippen LogP) is 1.83. The highest BCUT2D eigenvalue weighted by Crippen LogP contribution is 2.37. The molecule has 0 saturated carbocycles. The Bertz CT molecular complexity index is 276. The molecule has 4 heteroatoms. The first-order valence-corrected chi connectivity index (χ1v) is 6.28. The van der Waals surface area contributed by atoms with Crippen molar-refractivity contribution in [1.29, 1.82) is 0 Å². The standard InChI is InChI=1S/C13H25NO3/c1-6-16-11(15)9-13(14(4)5)7-8-17-12(2,3)10-13/h6-10H2,1-5H3. The minimum atomic E-state index is -0.172. The molecule has 0 aliphatic carbocycles. The van der Waals surface area contributed by atoms with E-state index >= 15 is 0 Å². The van der Waals surface area contributed by atoms with Gasteiger partial charge in [0.1, 0.15) is 0 Å². The van der Waals surface area contributed by atoms with Crippen molar-refractivity contribution in [2.45, 2.75) is 51.2 Å². The van der Waals surface area contributed by atoms with Gasteiger partial charge in [-0.2, -0.15) is 0 Å². The molecular weight excluding hydrogens is 218 g/mol. The smallest absolute Gasteiger partial charge is 0.307 e. The van der Waals surface area contributed by atoms with Gasteiger partial charge in [-0.15, -0.1) is 0 Å². The van der Waals surface area contributed by atoms with E-state index in [4.69, 9.17) is 9.47 Å². The van der Waals surface area contributed by atoms with Crippen molar-refractivity contribution in [3.05, 3.63) is 0 Å². The summed E-state index contributed by atoms with van der Waals surface area (Å²) in [4.78, 5) is 13.9. The number of esters is 1. The van der Waals surface area contributed by atoms with Gasteiger partial charge in [-0.3, -0.25) is 4.79 Å². The first kappa shape index (κ1) is 14.5. The molecule has 0 aromatic heterocycles. The van der Waals surface area contributed by atoms with Gasteiger partial charge < -0.3 is 14.4 Å². The SMILES string of the molecule is CCOC(=O)CC1(N(C)C)CCOC(C)(C)C1. The summed E-state index contributed by atoms with van der Waals surface area (Å²) in [5.74, 6) is -0.112. The summed E-state index contributed by atoms with van der Waals surface area (Å²) in [6, 6.07) is 0. The Morgan fingerprint density at radius 3 is 2.53 bits per heavy atom. The van der Waals surface area contributed by atoms with Crippen LogP contribution >= 0.6 is 0 Å². The fourth-order valence-corrected chi connectivity index (χ4v) is 2.62. The van der Waals surface area contributed by atoms with Crippen LogP contribution in [0.4, 0.5) is 0 Å². The number of carbonyl (C=O) groups excluding carboxylic acids is 1. The van der Waals surface area contributed by atoms with E-state index in [2.05, 4.69) is 18.7 Å². The Hall–Kier alpha value is -0.610. The van der Waals surface area contributed by atoms with E-state index in [9.17, 15) is 4.79 Å². The Morgan fingerprint density at radius 2 is 2.06 bits per heavy atom. The summed E-state index contributed by atoms with van der Waals surface area (Å²) in [7, 11) is 4.06. The lowest BCUT2D eigenvalue weighted by molar-refractivity contribution is -0.154. The second-order valence-electron chi connectivity index (χ2n) is 5.64. The third-order valence-corrected chi connectivity index (χ3v) is 3.54. The summed E-state index contributed by atoms with van der Waals surface area (Å²) in [5, 5.41) is 0. The third kappa shape index (κ3) is 3.68. The zero-order chi connectivity index (χ0) is 13.1. The molecule has 1 aliphatic rings. The van der Waals surface area contributed by atoms with Crippen molar-refractivity contribution in [1.82, 2.24) is 4.90 Å². The maximum atomic E-state index is 11.7. The molecule has 1 unspecified atom stereocenters. The lowest BCUT2D eigenvalue weighted by Gasteiger charge is -2.48. The summed E-state index contributed by atoms with van der Waals surface area (Å²) in [6.07, 6.45) is 2.18. The van der Waals surface area contributed by atoms with Crippen molar-refractivity contribution in [2.24, 2.45) is 0 Å². The molecule has 0 amide bonds. The molecule has 0 radical (unpaired) electrons. The van der Waals surface area contributed by atoms with Gasteiger partial charge in [0.05, 0.1) is 18.6 Å². The molecule has 0 aromatic rings. The van der Waals surface area contributed by atoms with Crippen LogP contribution in [-0.4, -0.2) is 49.3 Å². The maximum Gasteiger partial charge on any atom is 0.307 e. The van der Waals surface area contributed by atoms with Crippen molar-refractivity contribution in [3.8, 4) is 0 Å². The summed E-state index contributed by atoms with van der Waals surface area (Å²) in [5.41, 5.74) is -0.303. The molecule has 1 fully saturated rings. The van der Waals surface area contributed by atoms with Crippen molar-refractivity contribution < 1.29 is 14.3 Å². The van der Waals surface area contributed by atoms with Crippen molar-refractivity contribution in [3.63, 3.8) is 0 Å². The van der Waals surface area contributed by atoms with Gasteiger partial charge in [-0.1, -0.05) is 0 Å². The Kier molecular flexibility index (Phi) is 4.55. The van der Waals surface area contributed by atoms with Crippen LogP contribution < -0.4 is 0 Å². The fourth-order valence-electron chi connectivity index (χ4n) is 2.62. The van der Waals surface area contributed by atoms with Crippen LogP contribution in [0.25, 0.3) is 0 Å². The van der Waals surface area contributed by atoms with Gasteiger partial charge in [-0.05, 0) is 47.7 Å². The zero-order valence-corrected chi connectivity index (χ0v) is 11.7. The van der Waals surface area contributed by atoms with Gasteiger partial charge in [0.2, 0.25) is 0 Å². The maximum absolute atomic E-state index is 11.7. The van der Waals surface area contributed by atoms with Gasteiger partial charge in [0.25, 0.3) is 0 Å². The van der Waals surface area contributed by atoms with E-state index in [1.54, 1.807) is 0 Å². The van der Waals surface area contributed by atoms with Crippen LogP contribution in [0.1, 0.15) is 40.0 Å². The number of rotatable bonds is 4. The molecule has 0 N–H and O–H groups in total. The molecule has 4 nitrogen and oxygen atoms in total. The van der Waals surface area contributed by atoms with Gasteiger partial charge in [0.15, 0.2) is 0 Å². The molecule has 0 spiro atoms. The average molecular weight is 243 g/mol. The molecule has 1 heterocycles. The molecular formula is C13H25NO3. The van der Waals surface area contributed by atoms with E-state index in [1.165, 1.54) is 0 Å². The van der Waals surface area contributed by atoms with E-state index in [0.717, 1.165) is 12.8 Å². The van der Waals surface area contributed by atoms with E-state index in [0.29, 0.717) is 19.6 Å². The van der Waals surface area contributed by atoms with Gasteiger partial charge >= 0.3 is 5.97 Å². The summed E-state index contributed by atoms with van der Waals surface area (Å²) >= 11 is 0. The molecule has 1 rings (SSSR count). The molecule has 1 atom stereocenters. The first-order valence-electron chi connectivity index (χ1n) is 6.28. The van der Waals surface area contributed by atoms with E-state index < -0.39 is 0 Å². The molecule has 17 heavy (non-hydrogen) atoms. The highest BCUT2D eigenvalue weighted by molar-refractivity contribution is 5.71.